The molecule has 4 aromatic carbocycles. The smallest absolute Gasteiger partial charge is 0.345 e. The first-order valence-electron chi connectivity index (χ1n) is 11.0. The highest BCUT2D eigenvalue weighted by Gasteiger charge is 2.15. The van der Waals surface area contributed by atoms with Gasteiger partial charge in [0.25, 0.3) is 15.9 Å². The molecule has 0 aliphatic carbocycles. The van der Waals surface area contributed by atoms with Crippen molar-refractivity contribution in [1.82, 2.24) is 5.43 Å². The average Bonchev–Trinajstić information content (AvgIpc) is 2.90. The van der Waals surface area contributed by atoms with Crippen molar-refractivity contribution in [3.8, 4) is 5.75 Å². The van der Waals surface area contributed by atoms with Crippen molar-refractivity contribution >= 4 is 57.0 Å². The van der Waals surface area contributed by atoms with Gasteiger partial charge in [0.05, 0.1) is 21.7 Å². The zero-order chi connectivity index (χ0) is 27.1. The second-order valence-corrected chi connectivity index (χ2v) is 10.3. The van der Waals surface area contributed by atoms with Crippen LogP contribution in [-0.2, 0) is 10.0 Å². The van der Waals surface area contributed by atoms with Gasteiger partial charge in [0.2, 0.25) is 0 Å². The summed E-state index contributed by atoms with van der Waals surface area (Å²) < 4.78 is 32.7. The Morgan fingerprint density at radius 1 is 0.816 bits per heavy atom. The van der Waals surface area contributed by atoms with E-state index in [9.17, 15) is 18.0 Å². The van der Waals surface area contributed by atoms with Crippen LogP contribution in [-0.4, -0.2) is 26.5 Å². The number of hydrazone groups is 1. The molecule has 0 atom stereocenters. The van der Waals surface area contributed by atoms with Crippen molar-refractivity contribution < 1.29 is 22.7 Å². The lowest BCUT2D eigenvalue weighted by molar-refractivity contribution is 0.0734. The Labute approximate surface area is 228 Å². The van der Waals surface area contributed by atoms with Gasteiger partial charge in [-0.1, -0.05) is 35.3 Å². The van der Waals surface area contributed by atoms with E-state index in [1.165, 1.54) is 54.7 Å². The number of hydrogen-bond acceptors (Lipinski definition) is 6. The Kier molecular flexibility index (Phi) is 8.42. The topological polar surface area (TPSA) is 114 Å². The van der Waals surface area contributed by atoms with Crippen LogP contribution in [0.25, 0.3) is 0 Å². The molecule has 4 rings (SSSR count). The molecule has 0 bridgehead atoms. The van der Waals surface area contributed by atoms with Gasteiger partial charge in [-0.2, -0.15) is 5.10 Å². The summed E-state index contributed by atoms with van der Waals surface area (Å²) in [4.78, 5) is 24.7. The van der Waals surface area contributed by atoms with Gasteiger partial charge in [-0.3, -0.25) is 9.52 Å². The molecule has 0 aliphatic rings. The van der Waals surface area contributed by atoms with Crippen LogP contribution in [0.5, 0.6) is 5.75 Å². The minimum Gasteiger partial charge on any atom is -0.423 e. The molecule has 8 nitrogen and oxygen atoms in total. The van der Waals surface area contributed by atoms with Crippen molar-refractivity contribution in [1.29, 1.82) is 0 Å². The first-order valence-corrected chi connectivity index (χ1v) is 13.2. The van der Waals surface area contributed by atoms with E-state index in [2.05, 4.69) is 15.2 Å². The third kappa shape index (κ3) is 6.98. The molecule has 192 valence electrons. The number of hydrogen-bond donors (Lipinski definition) is 2. The number of carbonyl (C=O) groups is 2. The Morgan fingerprint density at radius 3 is 2.13 bits per heavy atom. The maximum Gasteiger partial charge on any atom is 0.345 e. The normalized spacial score (nSPS) is 11.2. The molecule has 38 heavy (non-hydrogen) atoms. The summed E-state index contributed by atoms with van der Waals surface area (Å²) in [5.74, 6) is -0.741. The number of sulfonamides is 1. The van der Waals surface area contributed by atoms with Crippen molar-refractivity contribution in [3.05, 3.63) is 124 Å². The minimum absolute atomic E-state index is 0.0600. The Hall–Kier alpha value is -4.18. The van der Waals surface area contributed by atoms with Crippen molar-refractivity contribution in [2.45, 2.75) is 4.90 Å². The summed E-state index contributed by atoms with van der Waals surface area (Å²) >= 11 is 11.8. The van der Waals surface area contributed by atoms with E-state index in [1.807, 2.05) is 0 Å². The maximum atomic E-state index is 12.5. The lowest BCUT2D eigenvalue weighted by Crippen LogP contribution is -2.18. The van der Waals surface area contributed by atoms with Crippen LogP contribution in [0.15, 0.2) is 107 Å². The third-order valence-electron chi connectivity index (χ3n) is 5.09. The van der Waals surface area contributed by atoms with Gasteiger partial charge >= 0.3 is 5.97 Å². The van der Waals surface area contributed by atoms with Gasteiger partial charge in [-0.25, -0.2) is 18.6 Å². The Morgan fingerprint density at radius 2 is 1.47 bits per heavy atom. The molecule has 0 saturated heterocycles. The fourth-order valence-electron chi connectivity index (χ4n) is 3.16. The van der Waals surface area contributed by atoms with E-state index < -0.39 is 21.9 Å². The number of carbonyl (C=O) groups excluding carboxylic acids is 2. The number of anilines is 1. The van der Waals surface area contributed by atoms with Crippen molar-refractivity contribution in [3.63, 3.8) is 0 Å². The zero-order valence-corrected chi connectivity index (χ0v) is 21.8. The molecule has 0 aromatic heterocycles. The molecular weight excluding hydrogens is 549 g/mol. The van der Waals surface area contributed by atoms with E-state index in [4.69, 9.17) is 27.9 Å². The minimum atomic E-state index is -3.80. The number of ether oxygens (including phenoxy) is 1. The summed E-state index contributed by atoms with van der Waals surface area (Å²) in [5, 5.41) is 4.65. The SMILES string of the molecule is O=C(N/N=C/c1ccc(OC(=O)c2ccccc2Cl)cc1)c1ccc(NS(=O)(=O)c2ccc(Cl)cc2)cc1. The summed E-state index contributed by atoms with van der Waals surface area (Å²) in [5.41, 5.74) is 3.87. The maximum absolute atomic E-state index is 12.5. The van der Waals surface area contributed by atoms with E-state index >= 15 is 0 Å². The van der Waals surface area contributed by atoms with E-state index in [0.29, 0.717) is 21.4 Å². The highest BCUT2D eigenvalue weighted by molar-refractivity contribution is 7.92. The van der Waals surface area contributed by atoms with Crippen LogP contribution >= 0.6 is 23.2 Å². The number of benzene rings is 4. The van der Waals surface area contributed by atoms with Crippen LogP contribution < -0.4 is 14.9 Å². The van der Waals surface area contributed by atoms with Crippen LogP contribution in [0, 0.1) is 0 Å². The average molecular weight is 568 g/mol. The summed E-state index contributed by atoms with van der Waals surface area (Å²) in [6, 6.07) is 24.7. The molecular formula is C27H19Cl2N3O5S. The quantitative estimate of drug-likeness (QED) is 0.121. The lowest BCUT2D eigenvalue weighted by atomic mass is 10.2. The van der Waals surface area contributed by atoms with Crippen LogP contribution in [0.1, 0.15) is 26.3 Å². The number of nitrogens with one attached hydrogen (secondary N) is 2. The predicted octanol–water partition coefficient (Wildman–Crippen LogP) is 5.78. The summed E-state index contributed by atoms with van der Waals surface area (Å²) in [6.07, 6.45) is 1.42. The highest BCUT2D eigenvalue weighted by atomic mass is 35.5. The van der Waals surface area contributed by atoms with Crippen molar-refractivity contribution in [2.24, 2.45) is 5.10 Å². The van der Waals surface area contributed by atoms with Gasteiger partial charge in [0.15, 0.2) is 0 Å². The number of esters is 1. The molecule has 0 aliphatic heterocycles. The molecule has 0 radical (unpaired) electrons. The molecule has 0 saturated carbocycles. The van der Waals surface area contributed by atoms with Crippen LogP contribution in [0.2, 0.25) is 10.0 Å². The monoisotopic (exact) mass is 567 g/mol. The Balaban J connectivity index is 1.31. The van der Waals surface area contributed by atoms with Crippen molar-refractivity contribution in [2.75, 3.05) is 4.72 Å². The molecule has 0 spiro atoms. The predicted molar refractivity (Wildman–Crippen MR) is 147 cm³/mol. The molecule has 0 fully saturated rings. The number of halogens is 2. The van der Waals surface area contributed by atoms with Gasteiger partial charge in [0.1, 0.15) is 5.75 Å². The number of rotatable bonds is 8. The molecule has 1 amide bonds. The van der Waals surface area contributed by atoms with Crippen LogP contribution in [0.4, 0.5) is 5.69 Å². The zero-order valence-electron chi connectivity index (χ0n) is 19.5. The fourth-order valence-corrected chi connectivity index (χ4v) is 4.56. The van der Waals surface area contributed by atoms with Gasteiger partial charge in [-0.05, 0) is 90.5 Å². The summed E-state index contributed by atoms with van der Waals surface area (Å²) in [7, 11) is -3.80. The third-order valence-corrected chi connectivity index (χ3v) is 7.07. The summed E-state index contributed by atoms with van der Waals surface area (Å²) in [6.45, 7) is 0. The molecule has 4 aromatic rings. The first kappa shape index (κ1) is 26.9. The van der Waals surface area contributed by atoms with E-state index in [-0.39, 0.29) is 21.7 Å². The standard InChI is InChI=1S/C27H19Cl2N3O5S/c28-20-9-15-23(16-10-20)38(35,36)32-21-11-7-19(8-12-21)26(33)31-30-17-18-5-13-22(14-6-18)37-27(34)24-3-1-2-4-25(24)29/h1-17,32H,(H,31,33)/b30-17+. The largest absolute Gasteiger partial charge is 0.423 e. The molecule has 2 N–H and O–H groups in total. The molecule has 0 heterocycles. The van der Waals surface area contributed by atoms with Gasteiger partial charge in [0, 0.05) is 16.3 Å². The lowest BCUT2D eigenvalue weighted by Gasteiger charge is -2.09. The second-order valence-electron chi connectivity index (χ2n) is 7.77. The van der Waals surface area contributed by atoms with E-state index in [1.54, 1.807) is 48.5 Å². The molecule has 0 unspecified atom stereocenters. The second kappa shape index (κ2) is 11.9. The molecule has 11 heteroatoms. The fraction of sp³-hybridized carbons (Fsp3) is 0. The highest BCUT2D eigenvalue weighted by Crippen LogP contribution is 2.20. The van der Waals surface area contributed by atoms with E-state index in [0.717, 1.165) is 0 Å². The van der Waals surface area contributed by atoms with Crippen LogP contribution in [0.3, 0.4) is 0 Å². The van der Waals surface area contributed by atoms with Gasteiger partial charge < -0.3 is 4.74 Å². The first-order chi connectivity index (χ1) is 18.2. The Bertz CT molecular complexity index is 1590. The number of nitrogens with zero attached hydrogens (tertiary/aromatic N) is 1. The number of amides is 1. The van der Waals surface area contributed by atoms with Gasteiger partial charge in [-0.15, -0.1) is 0 Å².